The second kappa shape index (κ2) is 13.4. The van der Waals surface area contributed by atoms with Crippen LogP contribution >= 0.6 is 0 Å². The normalized spacial score (nSPS) is 9.47. The topological polar surface area (TPSA) is 38.3 Å². The number of rotatable bonds is 7. The third-order valence-electron chi connectivity index (χ3n) is 1.74. The van der Waals surface area contributed by atoms with Gasteiger partial charge in [0, 0.05) is 27.1 Å². The molecule has 94 valence electrons. The highest BCUT2D eigenvalue weighted by atomic mass is 16.5. The molecule has 0 saturated heterocycles. The first-order valence-electron chi connectivity index (χ1n) is 6.04. The van der Waals surface area contributed by atoms with Crippen molar-refractivity contribution in [3.05, 3.63) is 0 Å². The van der Waals surface area contributed by atoms with Gasteiger partial charge in [0.25, 0.3) is 0 Å². The summed E-state index contributed by atoms with van der Waals surface area (Å²) in [5.41, 5.74) is 0. The van der Waals surface area contributed by atoms with Gasteiger partial charge in [-0.1, -0.05) is 27.7 Å². The molecule has 0 aliphatic rings. The van der Waals surface area contributed by atoms with Crippen molar-refractivity contribution in [2.75, 3.05) is 19.8 Å². The summed E-state index contributed by atoms with van der Waals surface area (Å²) in [6.07, 6.45) is 2.02. The van der Waals surface area contributed by atoms with E-state index < -0.39 is 0 Å². The van der Waals surface area contributed by atoms with Crippen LogP contribution in [0.15, 0.2) is 0 Å². The van der Waals surface area contributed by atoms with Gasteiger partial charge in [-0.3, -0.25) is 4.79 Å². The second-order valence-electron chi connectivity index (χ2n) is 3.35. The van der Waals surface area contributed by atoms with Crippen molar-refractivity contribution in [1.82, 2.24) is 5.32 Å². The van der Waals surface area contributed by atoms with Crippen LogP contribution in [0.25, 0.3) is 0 Å². The van der Waals surface area contributed by atoms with E-state index in [0.29, 0.717) is 0 Å². The molecule has 0 aliphatic carbocycles. The Kier molecular flexibility index (Phi) is 15.1. The lowest BCUT2D eigenvalue weighted by molar-refractivity contribution is -0.123. The zero-order valence-corrected chi connectivity index (χ0v) is 10.9. The van der Waals surface area contributed by atoms with E-state index in [0.717, 1.165) is 32.6 Å². The van der Waals surface area contributed by atoms with Gasteiger partial charge < -0.3 is 10.1 Å². The van der Waals surface area contributed by atoms with Gasteiger partial charge in [0.2, 0.25) is 5.91 Å². The molecule has 0 fully saturated rings. The largest absolute Gasteiger partial charge is 0.382 e. The summed E-state index contributed by atoms with van der Waals surface area (Å²) in [5, 5.41) is 2.86. The number of carbonyl (C=O) groups is 1. The van der Waals surface area contributed by atoms with Gasteiger partial charge in [-0.2, -0.15) is 0 Å². The maximum Gasteiger partial charge on any atom is 0.222 e. The Morgan fingerprint density at radius 2 is 1.93 bits per heavy atom. The number of hydrogen-bond acceptors (Lipinski definition) is 2. The number of nitrogens with one attached hydrogen (secondary N) is 1. The van der Waals surface area contributed by atoms with Crippen LogP contribution in [0, 0.1) is 5.92 Å². The molecule has 1 amide bonds. The maximum absolute atomic E-state index is 11.1. The lowest BCUT2D eigenvalue weighted by Crippen LogP contribution is -2.28. The Morgan fingerprint density at radius 1 is 1.33 bits per heavy atom. The van der Waals surface area contributed by atoms with Crippen LogP contribution in [0.1, 0.15) is 48.9 Å². The van der Waals surface area contributed by atoms with Crippen LogP contribution in [-0.2, 0) is 9.53 Å². The zero-order chi connectivity index (χ0) is 12.1. The van der Waals surface area contributed by atoms with E-state index in [4.69, 9.17) is 4.74 Å². The fourth-order valence-corrected chi connectivity index (χ4v) is 0.889. The first-order valence-corrected chi connectivity index (χ1v) is 6.04. The molecule has 3 heteroatoms. The maximum atomic E-state index is 11.1. The third-order valence-corrected chi connectivity index (χ3v) is 1.74. The summed E-state index contributed by atoms with van der Waals surface area (Å²) < 4.78 is 5.18. The molecule has 0 aromatic rings. The number of amides is 1. The van der Waals surface area contributed by atoms with Crippen LogP contribution < -0.4 is 5.32 Å². The highest BCUT2D eigenvalue weighted by Gasteiger charge is 2.04. The predicted octanol–water partition coefficient (Wildman–Crippen LogP) is 2.85. The Morgan fingerprint density at radius 3 is 2.40 bits per heavy atom. The monoisotopic (exact) mass is 219 g/mol. The van der Waals surface area contributed by atoms with Crippen molar-refractivity contribution in [2.24, 2.45) is 5.92 Å². The molecule has 0 spiro atoms. The average Bonchev–Trinajstić information content (AvgIpc) is 2.25. The van der Waals surface area contributed by atoms with E-state index in [9.17, 15) is 4.79 Å². The molecule has 0 radical (unpaired) electrons. The van der Waals surface area contributed by atoms with Gasteiger partial charge in [0.15, 0.2) is 0 Å². The molecule has 0 atom stereocenters. The zero-order valence-electron chi connectivity index (χ0n) is 10.9. The van der Waals surface area contributed by atoms with E-state index in [1.54, 1.807) is 0 Å². The number of ether oxygens (including phenoxy) is 1. The minimum Gasteiger partial charge on any atom is -0.382 e. The molecular formula is C12H29NO2. The Labute approximate surface area is 96.1 Å². The lowest BCUT2D eigenvalue weighted by atomic mass is 10.2. The van der Waals surface area contributed by atoms with Crippen LogP contribution in [0.3, 0.4) is 0 Å². The van der Waals surface area contributed by atoms with Gasteiger partial charge in [0.1, 0.15) is 0 Å². The summed E-state index contributed by atoms with van der Waals surface area (Å²) in [6.45, 7) is 12.1. The molecule has 0 rings (SSSR count). The first kappa shape index (κ1) is 16.8. The fourth-order valence-electron chi connectivity index (χ4n) is 0.889. The van der Waals surface area contributed by atoms with Crippen molar-refractivity contribution < 1.29 is 11.0 Å². The average molecular weight is 219 g/mol. The van der Waals surface area contributed by atoms with Crippen molar-refractivity contribution in [3.8, 4) is 0 Å². The smallest absolute Gasteiger partial charge is 0.222 e. The summed E-state index contributed by atoms with van der Waals surface area (Å²) >= 11 is 0. The summed E-state index contributed by atoms with van der Waals surface area (Å²) in [4.78, 5) is 11.1. The van der Waals surface area contributed by atoms with E-state index in [2.05, 4.69) is 5.32 Å². The Balaban J connectivity index is -0.000000529. The van der Waals surface area contributed by atoms with Crippen molar-refractivity contribution in [2.45, 2.75) is 47.5 Å². The van der Waals surface area contributed by atoms with Crippen LogP contribution in [0.5, 0.6) is 0 Å². The Hall–Kier alpha value is -0.570. The van der Waals surface area contributed by atoms with Crippen molar-refractivity contribution in [1.29, 1.82) is 0 Å². The van der Waals surface area contributed by atoms with E-state index in [1.807, 2.05) is 34.6 Å². The van der Waals surface area contributed by atoms with Gasteiger partial charge in [-0.15, -0.1) is 0 Å². The second-order valence-corrected chi connectivity index (χ2v) is 3.35. The molecular weight excluding hydrogens is 190 g/mol. The molecule has 3 nitrogen and oxygen atoms in total. The quantitative estimate of drug-likeness (QED) is 0.669. The standard InChI is InChI=1S/C10H21NO2.C2H6.H2/c1-4-13-8-6-5-7-11-10(12)9(2)3;1-2;/h9H,4-8H2,1-3H3,(H,11,12);1-2H3;1H. The highest BCUT2D eigenvalue weighted by molar-refractivity contribution is 5.77. The van der Waals surface area contributed by atoms with Gasteiger partial charge in [-0.05, 0) is 19.8 Å². The number of hydrogen-bond donors (Lipinski definition) is 1. The predicted molar refractivity (Wildman–Crippen MR) is 67.0 cm³/mol. The minimum absolute atomic E-state index is 0. The summed E-state index contributed by atoms with van der Waals surface area (Å²) in [6, 6.07) is 0. The van der Waals surface area contributed by atoms with Crippen molar-refractivity contribution in [3.63, 3.8) is 0 Å². The minimum atomic E-state index is 0. The van der Waals surface area contributed by atoms with Crippen LogP contribution in [-0.4, -0.2) is 25.7 Å². The molecule has 0 saturated carbocycles. The summed E-state index contributed by atoms with van der Waals surface area (Å²) in [7, 11) is 0. The first-order chi connectivity index (χ1) is 7.18. The highest BCUT2D eigenvalue weighted by Crippen LogP contribution is 1.92. The van der Waals surface area contributed by atoms with Gasteiger partial charge in [0.05, 0.1) is 0 Å². The molecule has 0 heterocycles. The van der Waals surface area contributed by atoms with Gasteiger partial charge in [-0.25, -0.2) is 0 Å². The van der Waals surface area contributed by atoms with Crippen molar-refractivity contribution >= 4 is 5.91 Å². The fraction of sp³-hybridized carbons (Fsp3) is 0.917. The third kappa shape index (κ3) is 13.4. The molecule has 15 heavy (non-hydrogen) atoms. The number of unbranched alkanes of at least 4 members (excludes halogenated alkanes) is 1. The molecule has 0 aromatic heterocycles. The van der Waals surface area contributed by atoms with E-state index in [-0.39, 0.29) is 13.3 Å². The summed E-state index contributed by atoms with van der Waals surface area (Å²) in [5.74, 6) is 0.225. The molecule has 0 aliphatic heterocycles. The lowest BCUT2D eigenvalue weighted by Gasteiger charge is -2.07. The molecule has 1 N–H and O–H groups in total. The van der Waals surface area contributed by atoms with E-state index >= 15 is 0 Å². The van der Waals surface area contributed by atoms with E-state index in [1.165, 1.54) is 0 Å². The molecule has 0 bridgehead atoms. The SMILES string of the molecule is CC.CCOCCCCNC(=O)C(C)C.[HH]. The van der Waals surface area contributed by atoms with Gasteiger partial charge >= 0.3 is 0 Å². The Bertz CT molecular complexity index is 141. The van der Waals surface area contributed by atoms with Crippen LogP contribution in [0.4, 0.5) is 0 Å². The number of carbonyl (C=O) groups excluding carboxylic acids is 1. The molecule has 0 aromatic carbocycles. The molecule has 0 unspecified atom stereocenters. The van der Waals surface area contributed by atoms with Crippen LogP contribution in [0.2, 0.25) is 0 Å².